The van der Waals surface area contributed by atoms with Gasteiger partial charge in [0.05, 0.1) is 16.8 Å². The molecular weight excluding hydrogens is 462 g/mol. The number of nitrogens with zero attached hydrogens (tertiary/aromatic N) is 3. The second-order valence-electron chi connectivity index (χ2n) is 8.32. The number of carboxylic acids is 1. The standard InChI is InChI=1S/C26H25N5O5/c1-2-3-8-23(33)28-24-20(25(34)31(29-24)18-11-9-16(10-12-18)26(35)36)13-17-14-30(15-22(27)32)21-7-5-4-6-19(17)21/h4-7,9-14H,2-3,8,15H2,1H3,(H2,27,32)(H,35,36)(H,28,29,33). The number of amides is 3. The smallest absolute Gasteiger partial charge is 0.335 e. The molecule has 3 aromatic rings. The van der Waals surface area contributed by atoms with Crippen LogP contribution in [0.4, 0.5) is 5.69 Å². The fourth-order valence-electron chi connectivity index (χ4n) is 3.93. The highest BCUT2D eigenvalue weighted by molar-refractivity contribution is 6.34. The summed E-state index contributed by atoms with van der Waals surface area (Å²) in [4.78, 5) is 48.7. The Kier molecular flexibility index (Phi) is 6.95. The number of hydrogen-bond acceptors (Lipinski definition) is 5. The fourth-order valence-corrected chi connectivity index (χ4v) is 3.93. The number of carboxylic acid groups (broad SMARTS) is 1. The minimum atomic E-state index is -1.09. The summed E-state index contributed by atoms with van der Waals surface area (Å²) in [6, 6.07) is 13.1. The fraction of sp³-hybridized carbons (Fsp3) is 0.192. The molecule has 0 aliphatic carbocycles. The van der Waals surface area contributed by atoms with Crippen molar-refractivity contribution in [3.05, 3.63) is 71.4 Å². The predicted octanol–water partition coefficient (Wildman–Crippen LogP) is 2.87. The topological polar surface area (TPSA) is 147 Å². The van der Waals surface area contributed by atoms with Crippen LogP contribution in [0.3, 0.4) is 0 Å². The summed E-state index contributed by atoms with van der Waals surface area (Å²) < 4.78 is 1.70. The van der Waals surface area contributed by atoms with Crippen LogP contribution in [0.15, 0.2) is 65.4 Å². The van der Waals surface area contributed by atoms with Gasteiger partial charge in [-0.2, -0.15) is 5.01 Å². The molecule has 184 valence electrons. The molecule has 3 amide bonds. The summed E-state index contributed by atoms with van der Waals surface area (Å²) in [6.45, 7) is 1.94. The molecule has 1 aliphatic heterocycles. The quantitative estimate of drug-likeness (QED) is 0.418. The number of unbranched alkanes of at least 4 members (excludes halogenated alkanes) is 1. The monoisotopic (exact) mass is 487 g/mol. The molecule has 2 aromatic carbocycles. The molecule has 0 saturated heterocycles. The van der Waals surface area contributed by atoms with Crippen molar-refractivity contribution < 1.29 is 24.3 Å². The van der Waals surface area contributed by atoms with E-state index in [4.69, 9.17) is 10.8 Å². The second kappa shape index (κ2) is 10.3. The number of hydrazone groups is 1. The summed E-state index contributed by atoms with van der Waals surface area (Å²) in [5.74, 6) is -2.26. The maximum absolute atomic E-state index is 13.5. The van der Waals surface area contributed by atoms with Crippen molar-refractivity contribution in [3.63, 3.8) is 0 Å². The van der Waals surface area contributed by atoms with Crippen LogP contribution in [0, 0.1) is 0 Å². The third kappa shape index (κ3) is 5.02. The van der Waals surface area contributed by atoms with E-state index in [0.29, 0.717) is 17.7 Å². The van der Waals surface area contributed by atoms with E-state index >= 15 is 0 Å². The average molecular weight is 488 g/mol. The second-order valence-corrected chi connectivity index (χ2v) is 8.32. The molecule has 4 N–H and O–H groups in total. The summed E-state index contributed by atoms with van der Waals surface area (Å²) in [7, 11) is 0. The van der Waals surface area contributed by atoms with Crippen molar-refractivity contribution in [2.45, 2.75) is 32.7 Å². The number of nitrogens with two attached hydrogens (primary N) is 1. The molecule has 0 spiro atoms. The number of rotatable bonds is 8. The van der Waals surface area contributed by atoms with Crippen molar-refractivity contribution in [1.29, 1.82) is 0 Å². The Bertz CT molecular complexity index is 1420. The summed E-state index contributed by atoms with van der Waals surface area (Å²) in [5, 5.41) is 18.2. The highest BCUT2D eigenvalue weighted by Crippen LogP contribution is 2.28. The molecule has 0 unspecified atom stereocenters. The number of hydrogen-bond donors (Lipinski definition) is 3. The lowest BCUT2D eigenvalue weighted by molar-refractivity contribution is -0.120. The van der Waals surface area contributed by atoms with E-state index in [1.807, 2.05) is 31.2 Å². The number of anilines is 1. The van der Waals surface area contributed by atoms with Crippen LogP contribution in [-0.4, -0.2) is 39.2 Å². The van der Waals surface area contributed by atoms with Gasteiger partial charge in [-0.1, -0.05) is 31.5 Å². The molecule has 1 aliphatic rings. The summed E-state index contributed by atoms with van der Waals surface area (Å²) in [6.07, 6.45) is 5.14. The van der Waals surface area contributed by atoms with Crippen molar-refractivity contribution in [1.82, 2.24) is 9.88 Å². The number of aromatic nitrogens is 1. The number of amidine groups is 1. The third-order valence-electron chi connectivity index (χ3n) is 5.70. The minimum absolute atomic E-state index is 0.0333. The SMILES string of the molecule is CCCCC(=O)NC1=NN(c2ccc(C(=O)O)cc2)C(=O)C1=Cc1cn(CC(N)=O)c2ccccc12. The molecule has 2 heterocycles. The van der Waals surface area contributed by atoms with Gasteiger partial charge in [0, 0.05) is 29.1 Å². The summed E-state index contributed by atoms with van der Waals surface area (Å²) in [5.41, 5.74) is 7.39. The first-order valence-corrected chi connectivity index (χ1v) is 11.4. The van der Waals surface area contributed by atoms with Gasteiger partial charge in [-0.15, -0.1) is 5.10 Å². The first-order valence-electron chi connectivity index (χ1n) is 11.4. The van der Waals surface area contributed by atoms with E-state index in [1.165, 1.54) is 24.3 Å². The number of benzene rings is 2. The lowest BCUT2D eigenvalue weighted by Gasteiger charge is -2.11. The lowest BCUT2D eigenvalue weighted by Crippen LogP contribution is -2.31. The van der Waals surface area contributed by atoms with Gasteiger partial charge in [0.15, 0.2) is 5.84 Å². The number of nitrogens with one attached hydrogen (secondary N) is 1. The number of aromatic carboxylic acids is 1. The molecule has 0 fully saturated rings. The number of carbonyl (C=O) groups is 4. The highest BCUT2D eigenvalue weighted by Gasteiger charge is 2.32. The molecule has 0 saturated carbocycles. The molecule has 1 aromatic heterocycles. The Morgan fingerprint density at radius 2 is 1.83 bits per heavy atom. The zero-order valence-corrected chi connectivity index (χ0v) is 19.6. The van der Waals surface area contributed by atoms with Gasteiger partial charge < -0.3 is 20.7 Å². The Hall–Kier alpha value is -4.73. The van der Waals surface area contributed by atoms with Crippen LogP contribution in [-0.2, 0) is 20.9 Å². The van der Waals surface area contributed by atoms with Crippen molar-refractivity contribution in [2.24, 2.45) is 10.8 Å². The third-order valence-corrected chi connectivity index (χ3v) is 5.70. The molecule has 10 nitrogen and oxygen atoms in total. The van der Waals surface area contributed by atoms with Gasteiger partial charge in [0.2, 0.25) is 11.8 Å². The first kappa shape index (κ1) is 24.4. The number of fused-ring (bicyclic) bond motifs is 1. The molecular formula is C26H25N5O5. The Labute approximate surface area is 206 Å². The normalized spacial score (nSPS) is 14.4. The number of carbonyl (C=O) groups excluding carboxylic acids is 3. The zero-order chi connectivity index (χ0) is 25.8. The maximum atomic E-state index is 13.5. The lowest BCUT2D eigenvalue weighted by atomic mass is 10.1. The van der Waals surface area contributed by atoms with Gasteiger partial charge in [0.1, 0.15) is 6.54 Å². The Morgan fingerprint density at radius 3 is 2.50 bits per heavy atom. The van der Waals surface area contributed by atoms with E-state index < -0.39 is 17.8 Å². The summed E-state index contributed by atoms with van der Waals surface area (Å²) >= 11 is 0. The molecule has 10 heteroatoms. The highest BCUT2D eigenvalue weighted by atomic mass is 16.4. The average Bonchev–Trinajstić information content (AvgIpc) is 3.35. The van der Waals surface area contributed by atoms with Crippen LogP contribution in [0.25, 0.3) is 17.0 Å². The van der Waals surface area contributed by atoms with E-state index in [9.17, 15) is 19.2 Å². The number of para-hydroxylation sites is 1. The molecule has 0 radical (unpaired) electrons. The van der Waals surface area contributed by atoms with Crippen LogP contribution >= 0.6 is 0 Å². The minimum Gasteiger partial charge on any atom is -0.478 e. The molecule has 36 heavy (non-hydrogen) atoms. The molecule has 0 atom stereocenters. The Balaban J connectivity index is 1.76. The predicted molar refractivity (Wildman–Crippen MR) is 135 cm³/mol. The van der Waals surface area contributed by atoms with E-state index in [-0.39, 0.29) is 35.8 Å². The van der Waals surface area contributed by atoms with E-state index in [1.54, 1.807) is 16.8 Å². The van der Waals surface area contributed by atoms with Crippen LogP contribution in [0.5, 0.6) is 0 Å². The van der Waals surface area contributed by atoms with Crippen LogP contribution < -0.4 is 16.1 Å². The zero-order valence-electron chi connectivity index (χ0n) is 19.6. The number of primary amides is 1. The van der Waals surface area contributed by atoms with Gasteiger partial charge in [-0.05, 0) is 42.8 Å². The van der Waals surface area contributed by atoms with Gasteiger partial charge in [-0.25, -0.2) is 4.79 Å². The van der Waals surface area contributed by atoms with Crippen molar-refractivity contribution in [3.8, 4) is 0 Å². The van der Waals surface area contributed by atoms with Crippen LogP contribution in [0.2, 0.25) is 0 Å². The van der Waals surface area contributed by atoms with E-state index in [2.05, 4.69) is 10.4 Å². The largest absolute Gasteiger partial charge is 0.478 e. The van der Waals surface area contributed by atoms with E-state index in [0.717, 1.165) is 22.3 Å². The van der Waals surface area contributed by atoms with Crippen molar-refractivity contribution in [2.75, 3.05) is 5.01 Å². The van der Waals surface area contributed by atoms with Crippen LogP contribution in [0.1, 0.15) is 42.1 Å². The molecule has 4 rings (SSSR count). The Morgan fingerprint density at radius 1 is 1.11 bits per heavy atom. The van der Waals surface area contributed by atoms with Gasteiger partial charge >= 0.3 is 5.97 Å². The van der Waals surface area contributed by atoms with Gasteiger partial charge in [0.25, 0.3) is 5.91 Å². The molecule has 0 bridgehead atoms. The maximum Gasteiger partial charge on any atom is 0.335 e. The van der Waals surface area contributed by atoms with Crippen molar-refractivity contribution >= 4 is 52.2 Å². The van der Waals surface area contributed by atoms with Gasteiger partial charge in [-0.3, -0.25) is 14.4 Å². The first-order chi connectivity index (χ1) is 17.3.